The Kier molecular flexibility index (Phi) is 8.41. The lowest BCUT2D eigenvalue weighted by molar-refractivity contribution is 0.271. The molecule has 1 aromatic carbocycles. The molecule has 0 amide bonds. The average molecular weight is 323 g/mol. The van der Waals surface area contributed by atoms with Crippen LogP contribution in [-0.2, 0) is 6.42 Å². The van der Waals surface area contributed by atoms with Crippen molar-refractivity contribution in [2.45, 2.75) is 48.6 Å². The van der Waals surface area contributed by atoms with E-state index in [1.807, 2.05) is 0 Å². The van der Waals surface area contributed by atoms with Crippen molar-refractivity contribution in [1.29, 1.82) is 0 Å². The second kappa shape index (κ2) is 8.38. The van der Waals surface area contributed by atoms with Gasteiger partial charge in [-0.05, 0) is 56.1 Å². The van der Waals surface area contributed by atoms with Gasteiger partial charge in [-0.15, -0.1) is 36.6 Å². The molecule has 0 unspecified atom stereocenters. The average Bonchev–Trinajstić information content (AvgIpc) is 2.34. The second-order valence-electron chi connectivity index (χ2n) is 5.22. The molecule has 0 aliphatic heterocycles. The Labute approximate surface area is 132 Å². The predicted octanol–water partition coefficient (Wildman–Crippen LogP) is 3.39. The van der Waals surface area contributed by atoms with Gasteiger partial charge in [0.1, 0.15) is 0 Å². The van der Waals surface area contributed by atoms with Crippen LogP contribution < -0.4 is 11.5 Å². The van der Waals surface area contributed by atoms with Gasteiger partial charge in [0.15, 0.2) is 0 Å². The summed E-state index contributed by atoms with van der Waals surface area (Å²) in [7, 11) is 0. The van der Waals surface area contributed by atoms with Crippen molar-refractivity contribution >= 4 is 36.6 Å². The summed E-state index contributed by atoms with van der Waals surface area (Å²) in [6, 6.07) is 9.13. The highest BCUT2D eigenvalue weighted by Gasteiger charge is 2.30. The molecule has 2 nitrogen and oxygen atoms in total. The van der Waals surface area contributed by atoms with Crippen molar-refractivity contribution in [3.63, 3.8) is 0 Å². The van der Waals surface area contributed by atoms with Crippen molar-refractivity contribution < 1.29 is 0 Å². The lowest BCUT2D eigenvalue weighted by Gasteiger charge is -2.36. The highest BCUT2D eigenvalue weighted by molar-refractivity contribution is 7.98. The molecule has 0 aromatic heterocycles. The zero-order valence-corrected chi connectivity index (χ0v) is 13.8. The minimum absolute atomic E-state index is 0. The Morgan fingerprint density at radius 1 is 1.16 bits per heavy atom. The molecule has 2 rings (SSSR count). The van der Waals surface area contributed by atoms with E-state index in [0.29, 0.717) is 6.04 Å². The number of thioether (sulfide) groups is 1. The van der Waals surface area contributed by atoms with E-state index >= 15 is 0 Å². The molecule has 4 N–H and O–H groups in total. The van der Waals surface area contributed by atoms with Crippen molar-refractivity contribution in [1.82, 2.24) is 0 Å². The molecule has 1 aliphatic rings. The van der Waals surface area contributed by atoms with Crippen molar-refractivity contribution in [3.8, 4) is 0 Å². The van der Waals surface area contributed by atoms with Gasteiger partial charge in [-0.3, -0.25) is 0 Å². The SMILES string of the molecule is CSc1ccc(CC2(N)CCC(N)CC2)cc1.Cl.Cl. The number of halogens is 2. The Bertz CT molecular complexity index is 362. The quantitative estimate of drug-likeness (QED) is 0.838. The van der Waals surface area contributed by atoms with E-state index in [0.717, 1.165) is 32.1 Å². The van der Waals surface area contributed by atoms with E-state index in [9.17, 15) is 0 Å². The van der Waals surface area contributed by atoms with E-state index in [1.54, 1.807) is 11.8 Å². The highest BCUT2D eigenvalue weighted by Crippen LogP contribution is 2.29. The summed E-state index contributed by atoms with van der Waals surface area (Å²) in [5.41, 5.74) is 13.7. The summed E-state index contributed by atoms with van der Waals surface area (Å²) in [6.07, 6.45) is 7.33. The number of nitrogens with two attached hydrogens (primary N) is 2. The molecule has 0 heterocycles. The molecule has 0 spiro atoms. The standard InChI is InChI=1S/C14H22N2S.2ClH/c1-17-13-4-2-11(3-5-13)10-14(16)8-6-12(15)7-9-14;;/h2-5,12H,6-10,15-16H2,1H3;2*1H. The molecule has 0 saturated heterocycles. The minimum atomic E-state index is -0.0310. The van der Waals surface area contributed by atoms with Crippen LogP contribution in [0.25, 0.3) is 0 Å². The van der Waals surface area contributed by atoms with Crippen LogP contribution in [0.2, 0.25) is 0 Å². The monoisotopic (exact) mass is 322 g/mol. The van der Waals surface area contributed by atoms with E-state index in [-0.39, 0.29) is 30.4 Å². The van der Waals surface area contributed by atoms with Gasteiger partial charge < -0.3 is 11.5 Å². The molecule has 1 aliphatic carbocycles. The zero-order valence-electron chi connectivity index (χ0n) is 11.3. The Morgan fingerprint density at radius 3 is 2.16 bits per heavy atom. The summed E-state index contributed by atoms with van der Waals surface area (Å²) in [4.78, 5) is 1.31. The van der Waals surface area contributed by atoms with Crippen LogP contribution in [0, 0.1) is 0 Å². The second-order valence-corrected chi connectivity index (χ2v) is 6.10. The Hall–Kier alpha value is 0.0700. The van der Waals surface area contributed by atoms with Crippen LogP contribution in [0.1, 0.15) is 31.2 Å². The molecule has 1 fully saturated rings. The summed E-state index contributed by atoms with van der Waals surface area (Å²) in [5, 5.41) is 0. The van der Waals surface area contributed by atoms with Gasteiger partial charge in [0, 0.05) is 16.5 Å². The Balaban J connectivity index is 0.00000162. The Morgan fingerprint density at radius 2 is 1.68 bits per heavy atom. The van der Waals surface area contributed by atoms with Crippen LogP contribution >= 0.6 is 36.6 Å². The first kappa shape index (κ1) is 19.1. The van der Waals surface area contributed by atoms with E-state index in [1.165, 1.54) is 10.5 Å². The molecule has 1 saturated carbocycles. The normalized spacial score (nSPS) is 26.2. The summed E-state index contributed by atoms with van der Waals surface area (Å²) < 4.78 is 0. The maximum Gasteiger partial charge on any atom is 0.0196 e. The first-order valence-corrected chi connectivity index (χ1v) is 7.51. The third-order valence-corrected chi connectivity index (χ3v) is 4.48. The fraction of sp³-hybridized carbons (Fsp3) is 0.571. The molecule has 110 valence electrons. The van der Waals surface area contributed by atoms with Crippen molar-refractivity contribution in [2.75, 3.05) is 6.26 Å². The number of benzene rings is 1. The first-order valence-electron chi connectivity index (χ1n) is 6.29. The lowest BCUT2D eigenvalue weighted by atomic mass is 9.77. The maximum atomic E-state index is 6.46. The first-order chi connectivity index (χ1) is 8.11. The van der Waals surface area contributed by atoms with E-state index < -0.39 is 0 Å². The highest BCUT2D eigenvalue weighted by atomic mass is 35.5. The van der Waals surface area contributed by atoms with Crippen LogP contribution in [0.3, 0.4) is 0 Å². The third-order valence-electron chi connectivity index (χ3n) is 3.74. The number of hydrogen-bond donors (Lipinski definition) is 2. The van der Waals surface area contributed by atoms with Gasteiger partial charge in [0.05, 0.1) is 0 Å². The minimum Gasteiger partial charge on any atom is -0.328 e. The van der Waals surface area contributed by atoms with Gasteiger partial charge in [-0.2, -0.15) is 0 Å². The molecule has 5 heteroatoms. The summed E-state index contributed by atoms with van der Waals surface area (Å²) >= 11 is 1.78. The van der Waals surface area contributed by atoms with Crippen LogP contribution in [0.4, 0.5) is 0 Å². The van der Waals surface area contributed by atoms with E-state index in [4.69, 9.17) is 11.5 Å². The van der Waals surface area contributed by atoms with Crippen LogP contribution in [0.15, 0.2) is 29.2 Å². The summed E-state index contributed by atoms with van der Waals surface area (Å²) in [5.74, 6) is 0. The molecule has 0 bridgehead atoms. The third kappa shape index (κ3) is 5.52. The fourth-order valence-electron chi connectivity index (χ4n) is 2.54. The molecular formula is C14H24Cl2N2S. The smallest absolute Gasteiger partial charge is 0.0196 e. The van der Waals surface area contributed by atoms with Gasteiger partial charge in [0.2, 0.25) is 0 Å². The lowest BCUT2D eigenvalue weighted by Crippen LogP contribution is -2.47. The molecule has 19 heavy (non-hydrogen) atoms. The largest absolute Gasteiger partial charge is 0.328 e. The number of rotatable bonds is 3. The van der Waals surface area contributed by atoms with Crippen molar-refractivity contribution in [3.05, 3.63) is 29.8 Å². The number of hydrogen-bond acceptors (Lipinski definition) is 3. The van der Waals surface area contributed by atoms with Gasteiger partial charge in [-0.1, -0.05) is 12.1 Å². The molecule has 0 atom stereocenters. The van der Waals surface area contributed by atoms with Gasteiger partial charge in [-0.25, -0.2) is 0 Å². The molecule has 0 radical (unpaired) electrons. The topological polar surface area (TPSA) is 52.0 Å². The van der Waals surface area contributed by atoms with Crippen LogP contribution in [-0.4, -0.2) is 17.8 Å². The van der Waals surface area contributed by atoms with Gasteiger partial charge >= 0.3 is 0 Å². The molecular weight excluding hydrogens is 299 g/mol. The predicted molar refractivity (Wildman–Crippen MR) is 89.8 cm³/mol. The van der Waals surface area contributed by atoms with E-state index in [2.05, 4.69) is 30.5 Å². The molecule has 1 aromatic rings. The van der Waals surface area contributed by atoms with Crippen molar-refractivity contribution in [2.24, 2.45) is 11.5 Å². The zero-order chi connectivity index (χ0) is 12.3. The fourth-order valence-corrected chi connectivity index (χ4v) is 2.95. The van der Waals surface area contributed by atoms with Gasteiger partial charge in [0.25, 0.3) is 0 Å². The summed E-state index contributed by atoms with van der Waals surface area (Å²) in [6.45, 7) is 0. The van der Waals surface area contributed by atoms with Crippen LogP contribution in [0.5, 0.6) is 0 Å². The maximum absolute atomic E-state index is 6.46.